The molecule has 19 heavy (non-hydrogen) atoms. The van der Waals surface area contributed by atoms with E-state index in [0.717, 1.165) is 30.2 Å². The van der Waals surface area contributed by atoms with Crippen molar-refractivity contribution in [1.82, 2.24) is 9.71 Å². The number of nitrogens with one attached hydrogen (secondary N) is 2. The third-order valence-corrected chi connectivity index (χ3v) is 4.53. The van der Waals surface area contributed by atoms with Crippen LogP contribution in [0.15, 0.2) is 18.2 Å². The first-order chi connectivity index (χ1) is 8.92. The lowest BCUT2D eigenvalue weighted by molar-refractivity contribution is 0.509. The zero-order valence-corrected chi connectivity index (χ0v) is 12.1. The molecule has 1 unspecified atom stereocenters. The molecule has 3 rings (SSSR count). The van der Waals surface area contributed by atoms with E-state index >= 15 is 0 Å². The lowest BCUT2D eigenvalue weighted by Gasteiger charge is -2.22. The number of sulfonamides is 1. The number of rotatable bonds is 2. The summed E-state index contributed by atoms with van der Waals surface area (Å²) in [6.07, 6.45) is 3.61. The Balaban J connectivity index is 1.98. The molecular weight excluding hydrogens is 284 g/mol. The van der Waals surface area contributed by atoms with Gasteiger partial charge >= 0.3 is 0 Å². The molecule has 0 fully saturated rings. The fourth-order valence-corrected chi connectivity index (χ4v) is 3.78. The molecule has 1 aliphatic rings. The van der Waals surface area contributed by atoms with Gasteiger partial charge in [-0.1, -0.05) is 17.7 Å². The Morgan fingerprint density at radius 1 is 1.42 bits per heavy atom. The summed E-state index contributed by atoms with van der Waals surface area (Å²) in [6.45, 7) is 0. The van der Waals surface area contributed by atoms with E-state index < -0.39 is 10.0 Å². The smallest absolute Gasteiger partial charge is 0.208 e. The number of hydrogen-bond acceptors (Lipinski definition) is 2. The number of fused-ring (bicyclic) bond motifs is 3. The first-order valence-electron chi connectivity index (χ1n) is 6.19. The maximum Gasteiger partial charge on any atom is 0.208 e. The molecule has 102 valence electrons. The van der Waals surface area contributed by atoms with Gasteiger partial charge < -0.3 is 4.98 Å². The average molecular weight is 299 g/mol. The van der Waals surface area contributed by atoms with Gasteiger partial charge in [0.25, 0.3) is 0 Å². The lowest BCUT2D eigenvalue weighted by atomic mass is 9.92. The Hall–Kier alpha value is -1.04. The van der Waals surface area contributed by atoms with Crippen molar-refractivity contribution in [3.63, 3.8) is 0 Å². The number of H-pyrrole nitrogens is 1. The molecule has 6 heteroatoms. The maximum absolute atomic E-state index is 11.3. The summed E-state index contributed by atoms with van der Waals surface area (Å²) in [5.41, 5.74) is 3.43. The number of halogens is 1. The highest BCUT2D eigenvalue weighted by atomic mass is 35.5. The van der Waals surface area contributed by atoms with E-state index in [2.05, 4.69) is 9.71 Å². The Morgan fingerprint density at radius 3 is 2.95 bits per heavy atom. The van der Waals surface area contributed by atoms with Crippen LogP contribution in [0.25, 0.3) is 10.9 Å². The van der Waals surface area contributed by atoms with E-state index in [1.165, 1.54) is 17.5 Å². The van der Waals surface area contributed by atoms with Crippen molar-refractivity contribution in [2.45, 2.75) is 25.3 Å². The Kier molecular flexibility index (Phi) is 3.08. The molecule has 1 aromatic heterocycles. The summed E-state index contributed by atoms with van der Waals surface area (Å²) in [5, 5.41) is 1.84. The molecule has 1 heterocycles. The van der Waals surface area contributed by atoms with Crippen LogP contribution in [0.3, 0.4) is 0 Å². The van der Waals surface area contributed by atoms with Gasteiger partial charge in [0.15, 0.2) is 0 Å². The fraction of sp³-hybridized carbons (Fsp3) is 0.385. The second kappa shape index (κ2) is 4.51. The van der Waals surface area contributed by atoms with Crippen molar-refractivity contribution < 1.29 is 8.42 Å². The third kappa shape index (κ3) is 2.63. The topological polar surface area (TPSA) is 62.0 Å². The Labute approximate surface area is 117 Å². The Morgan fingerprint density at radius 2 is 2.21 bits per heavy atom. The number of hydrogen-bond donors (Lipinski definition) is 2. The van der Waals surface area contributed by atoms with Crippen LogP contribution in [0.2, 0.25) is 5.02 Å². The molecule has 0 saturated carbocycles. The number of aromatic amines is 1. The lowest BCUT2D eigenvalue weighted by Crippen LogP contribution is -2.38. The molecule has 0 saturated heterocycles. The first kappa shape index (κ1) is 13.0. The van der Waals surface area contributed by atoms with Crippen LogP contribution in [0.1, 0.15) is 17.7 Å². The van der Waals surface area contributed by atoms with E-state index in [0.29, 0.717) is 5.02 Å². The molecular formula is C13H15ClN2O2S. The quantitative estimate of drug-likeness (QED) is 0.893. The summed E-state index contributed by atoms with van der Waals surface area (Å²) >= 11 is 5.99. The van der Waals surface area contributed by atoms with Gasteiger partial charge in [-0.15, -0.1) is 0 Å². The minimum absolute atomic E-state index is 0.0165. The zero-order valence-electron chi connectivity index (χ0n) is 10.5. The van der Waals surface area contributed by atoms with E-state index in [1.54, 1.807) is 0 Å². The first-order valence-corrected chi connectivity index (χ1v) is 8.45. The third-order valence-electron chi connectivity index (χ3n) is 3.53. The number of aromatic nitrogens is 1. The molecule has 2 aromatic rings. The van der Waals surface area contributed by atoms with E-state index in [9.17, 15) is 8.42 Å². The van der Waals surface area contributed by atoms with Crippen molar-refractivity contribution in [3.8, 4) is 0 Å². The molecule has 0 amide bonds. The second-order valence-electron chi connectivity index (χ2n) is 5.10. The molecule has 1 aromatic carbocycles. The van der Waals surface area contributed by atoms with Crippen LogP contribution < -0.4 is 4.72 Å². The van der Waals surface area contributed by atoms with Crippen LogP contribution in [0.4, 0.5) is 0 Å². The van der Waals surface area contributed by atoms with E-state index in [-0.39, 0.29) is 6.04 Å². The Bertz CT molecular complexity index is 736. The molecule has 0 aliphatic heterocycles. The molecule has 0 spiro atoms. The summed E-state index contributed by atoms with van der Waals surface area (Å²) < 4.78 is 25.3. The molecule has 0 bridgehead atoms. The predicted molar refractivity (Wildman–Crippen MR) is 77.1 cm³/mol. The molecule has 4 nitrogen and oxygen atoms in total. The van der Waals surface area contributed by atoms with Crippen LogP contribution in [-0.2, 0) is 22.9 Å². The van der Waals surface area contributed by atoms with Crippen LogP contribution in [-0.4, -0.2) is 25.7 Å². The highest BCUT2D eigenvalue weighted by Gasteiger charge is 2.24. The SMILES string of the molecule is CS(=O)(=O)NC1CCc2[nH]c3cc(Cl)ccc3c2C1. The average Bonchev–Trinajstić information content (AvgIpc) is 2.63. The van der Waals surface area contributed by atoms with Crippen molar-refractivity contribution in [3.05, 3.63) is 34.5 Å². The van der Waals surface area contributed by atoms with Crippen molar-refractivity contribution >= 4 is 32.5 Å². The van der Waals surface area contributed by atoms with Gasteiger partial charge in [0.1, 0.15) is 0 Å². The van der Waals surface area contributed by atoms with Gasteiger partial charge in [0.2, 0.25) is 10.0 Å². The summed E-state index contributed by atoms with van der Waals surface area (Å²) in [6, 6.07) is 5.76. The van der Waals surface area contributed by atoms with Crippen LogP contribution in [0.5, 0.6) is 0 Å². The second-order valence-corrected chi connectivity index (χ2v) is 7.32. The van der Waals surface area contributed by atoms with Crippen molar-refractivity contribution in [2.24, 2.45) is 0 Å². The highest BCUT2D eigenvalue weighted by molar-refractivity contribution is 7.88. The highest BCUT2D eigenvalue weighted by Crippen LogP contribution is 2.30. The minimum Gasteiger partial charge on any atom is -0.358 e. The van der Waals surface area contributed by atoms with Gasteiger partial charge in [0.05, 0.1) is 6.26 Å². The van der Waals surface area contributed by atoms with Gasteiger partial charge in [-0.3, -0.25) is 0 Å². The standard InChI is InChI=1S/C13H15ClN2O2S/c1-19(17,18)16-9-3-5-12-11(7-9)10-4-2-8(14)6-13(10)15-12/h2,4,6,9,15-16H,3,5,7H2,1H3. The molecule has 1 atom stereocenters. The molecule has 0 radical (unpaired) electrons. The molecule has 1 aliphatic carbocycles. The van der Waals surface area contributed by atoms with Gasteiger partial charge in [0, 0.05) is 27.7 Å². The van der Waals surface area contributed by atoms with Crippen molar-refractivity contribution in [2.75, 3.05) is 6.26 Å². The maximum atomic E-state index is 11.3. The number of aryl methyl sites for hydroxylation is 1. The normalized spacial score (nSPS) is 19.6. The predicted octanol–water partition coefficient (Wildman–Crippen LogP) is 2.23. The fourth-order valence-electron chi connectivity index (χ4n) is 2.80. The van der Waals surface area contributed by atoms with E-state index in [4.69, 9.17) is 11.6 Å². The summed E-state index contributed by atoms with van der Waals surface area (Å²) in [5.74, 6) is 0. The van der Waals surface area contributed by atoms with Crippen LogP contribution in [0, 0.1) is 0 Å². The monoisotopic (exact) mass is 298 g/mol. The van der Waals surface area contributed by atoms with Gasteiger partial charge in [-0.25, -0.2) is 13.1 Å². The van der Waals surface area contributed by atoms with E-state index in [1.807, 2.05) is 18.2 Å². The molecule has 2 N–H and O–H groups in total. The summed E-state index contributed by atoms with van der Waals surface area (Å²) in [4.78, 5) is 3.38. The minimum atomic E-state index is -3.15. The van der Waals surface area contributed by atoms with Gasteiger partial charge in [-0.2, -0.15) is 0 Å². The largest absolute Gasteiger partial charge is 0.358 e. The number of benzene rings is 1. The zero-order chi connectivity index (χ0) is 13.6. The van der Waals surface area contributed by atoms with Crippen LogP contribution >= 0.6 is 11.6 Å². The van der Waals surface area contributed by atoms with Gasteiger partial charge in [-0.05, 0) is 37.0 Å². The van der Waals surface area contributed by atoms with Crippen molar-refractivity contribution in [1.29, 1.82) is 0 Å². The summed E-state index contributed by atoms with van der Waals surface area (Å²) in [7, 11) is -3.15.